The lowest BCUT2D eigenvalue weighted by molar-refractivity contribution is 0.113. The zero-order valence-electron chi connectivity index (χ0n) is 15.7. The van der Waals surface area contributed by atoms with E-state index in [1.165, 1.54) is 51.6 Å². The molecular formula is C21H34N2O2. The number of ether oxygens (including phenoxy) is 1. The molecule has 2 aliphatic rings. The Bertz CT molecular complexity index is 516. The maximum Gasteiger partial charge on any atom is 0.119 e. The van der Waals surface area contributed by atoms with Crippen LogP contribution in [0.3, 0.4) is 0 Å². The molecule has 140 valence electrons. The summed E-state index contributed by atoms with van der Waals surface area (Å²) in [6.45, 7) is 6.50. The monoisotopic (exact) mass is 346 g/mol. The zero-order valence-corrected chi connectivity index (χ0v) is 15.7. The highest BCUT2D eigenvalue weighted by Crippen LogP contribution is 2.25. The molecule has 0 spiro atoms. The quantitative estimate of drug-likeness (QED) is 0.857. The Morgan fingerprint density at radius 1 is 1.04 bits per heavy atom. The number of hydrogen-bond donors (Lipinski definition) is 1. The number of β-amino-alcohol motifs (C(OH)–C–C–N with tert-alkyl or cyclic N) is 1. The zero-order chi connectivity index (χ0) is 17.5. The van der Waals surface area contributed by atoms with Crippen molar-refractivity contribution in [2.75, 3.05) is 46.4 Å². The van der Waals surface area contributed by atoms with Gasteiger partial charge in [0.05, 0.1) is 13.2 Å². The van der Waals surface area contributed by atoms with Crippen molar-refractivity contribution in [1.82, 2.24) is 9.80 Å². The summed E-state index contributed by atoms with van der Waals surface area (Å²) in [5, 5.41) is 10.6. The van der Waals surface area contributed by atoms with Gasteiger partial charge in [-0.1, -0.05) is 31.4 Å². The number of methoxy groups -OCH3 is 1. The third kappa shape index (κ3) is 5.70. The van der Waals surface area contributed by atoms with Gasteiger partial charge in [-0.25, -0.2) is 0 Å². The molecule has 4 nitrogen and oxygen atoms in total. The van der Waals surface area contributed by atoms with Crippen LogP contribution in [0.2, 0.25) is 0 Å². The molecule has 1 N–H and O–H groups in total. The van der Waals surface area contributed by atoms with Crippen LogP contribution in [0.4, 0.5) is 0 Å². The average Bonchev–Trinajstić information content (AvgIpc) is 2.88. The van der Waals surface area contributed by atoms with Gasteiger partial charge in [-0.2, -0.15) is 0 Å². The van der Waals surface area contributed by atoms with Gasteiger partial charge in [0.25, 0.3) is 0 Å². The van der Waals surface area contributed by atoms with Crippen molar-refractivity contribution >= 4 is 0 Å². The van der Waals surface area contributed by atoms with Crippen LogP contribution in [0.25, 0.3) is 0 Å². The minimum Gasteiger partial charge on any atom is -0.497 e. The Hall–Kier alpha value is -1.10. The fourth-order valence-electron chi connectivity index (χ4n) is 4.32. The Morgan fingerprint density at radius 2 is 1.80 bits per heavy atom. The molecule has 1 atom stereocenters. The van der Waals surface area contributed by atoms with Crippen LogP contribution in [-0.2, 0) is 0 Å². The molecule has 2 fully saturated rings. The lowest BCUT2D eigenvalue weighted by Gasteiger charge is -2.29. The molecule has 3 rings (SSSR count). The van der Waals surface area contributed by atoms with Gasteiger partial charge in [0.2, 0.25) is 0 Å². The molecule has 1 aromatic rings. The standard InChI is InChI=1S/C21H34N2O2/c1-25-20-10-5-9-19(15-20)21(24)17-23-12-6-11-22(13-14-23)16-18-7-3-2-4-8-18/h5,9-10,15,18,21,24H,2-4,6-8,11-14,16-17H2,1H3. The molecule has 1 saturated carbocycles. The van der Waals surface area contributed by atoms with E-state index in [0.717, 1.165) is 36.9 Å². The summed E-state index contributed by atoms with van der Waals surface area (Å²) in [6, 6.07) is 7.80. The van der Waals surface area contributed by atoms with Gasteiger partial charge in [-0.15, -0.1) is 0 Å². The molecule has 0 aromatic heterocycles. The highest BCUT2D eigenvalue weighted by Gasteiger charge is 2.21. The van der Waals surface area contributed by atoms with Gasteiger partial charge < -0.3 is 14.7 Å². The number of aliphatic hydroxyl groups is 1. The van der Waals surface area contributed by atoms with Crippen molar-refractivity contribution in [2.45, 2.75) is 44.6 Å². The molecule has 0 amide bonds. The van der Waals surface area contributed by atoms with Crippen LogP contribution in [0.5, 0.6) is 5.75 Å². The molecule has 25 heavy (non-hydrogen) atoms. The summed E-state index contributed by atoms with van der Waals surface area (Å²) >= 11 is 0. The summed E-state index contributed by atoms with van der Waals surface area (Å²) in [5.41, 5.74) is 0.947. The van der Waals surface area contributed by atoms with E-state index in [2.05, 4.69) is 9.80 Å². The molecular weight excluding hydrogens is 312 g/mol. The van der Waals surface area contributed by atoms with E-state index in [9.17, 15) is 5.11 Å². The van der Waals surface area contributed by atoms with E-state index in [1.54, 1.807) is 7.11 Å². The van der Waals surface area contributed by atoms with Crippen LogP contribution >= 0.6 is 0 Å². The van der Waals surface area contributed by atoms with Crippen LogP contribution in [0.15, 0.2) is 24.3 Å². The van der Waals surface area contributed by atoms with Crippen molar-refractivity contribution in [3.8, 4) is 5.75 Å². The summed E-state index contributed by atoms with van der Waals surface area (Å²) in [4.78, 5) is 5.08. The van der Waals surface area contributed by atoms with Gasteiger partial charge in [0.15, 0.2) is 0 Å². The summed E-state index contributed by atoms with van der Waals surface area (Å²) < 4.78 is 5.27. The van der Waals surface area contributed by atoms with Crippen LogP contribution in [0.1, 0.15) is 50.2 Å². The topological polar surface area (TPSA) is 35.9 Å². The summed E-state index contributed by atoms with van der Waals surface area (Å²) in [5.74, 6) is 1.73. The van der Waals surface area contributed by atoms with Gasteiger partial charge in [0.1, 0.15) is 5.75 Å². The second-order valence-electron chi connectivity index (χ2n) is 7.75. The minimum atomic E-state index is -0.444. The first-order valence-corrected chi connectivity index (χ1v) is 10.0. The molecule has 1 aliphatic carbocycles. The normalized spacial score (nSPS) is 22.5. The second kappa shape index (κ2) is 9.56. The first-order chi connectivity index (χ1) is 12.2. The van der Waals surface area contributed by atoms with Crippen molar-refractivity contribution in [3.05, 3.63) is 29.8 Å². The molecule has 1 unspecified atom stereocenters. The molecule has 1 aromatic carbocycles. The van der Waals surface area contributed by atoms with E-state index >= 15 is 0 Å². The van der Waals surface area contributed by atoms with E-state index in [1.807, 2.05) is 24.3 Å². The molecule has 4 heteroatoms. The average molecular weight is 347 g/mol. The van der Waals surface area contributed by atoms with Crippen molar-refractivity contribution in [3.63, 3.8) is 0 Å². The largest absolute Gasteiger partial charge is 0.497 e. The number of rotatable bonds is 6. The first-order valence-electron chi connectivity index (χ1n) is 10.0. The number of benzene rings is 1. The molecule has 1 aliphatic heterocycles. The molecule has 0 radical (unpaired) electrons. The van der Waals surface area contributed by atoms with Gasteiger partial charge in [-0.3, -0.25) is 4.90 Å². The van der Waals surface area contributed by atoms with Crippen molar-refractivity contribution < 1.29 is 9.84 Å². The highest BCUT2D eigenvalue weighted by atomic mass is 16.5. The smallest absolute Gasteiger partial charge is 0.119 e. The Morgan fingerprint density at radius 3 is 2.60 bits per heavy atom. The third-order valence-corrected chi connectivity index (χ3v) is 5.83. The van der Waals surface area contributed by atoms with E-state index < -0.39 is 6.10 Å². The number of aliphatic hydroxyl groups excluding tert-OH is 1. The van der Waals surface area contributed by atoms with Gasteiger partial charge in [-0.05, 0) is 56.0 Å². The Balaban J connectivity index is 1.47. The molecule has 0 bridgehead atoms. The minimum absolute atomic E-state index is 0.444. The fourth-order valence-corrected chi connectivity index (χ4v) is 4.32. The Kier molecular flexibility index (Phi) is 7.14. The molecule has 1 heterocycles. The Labute approximate surface area is 152 Å². The number of hydrogen-bond acceptors (Lipinski definition) is 4. The lowest BCUT2D eigenvalue weighted by atomic mass is 9.89. The van der Waals surface area contributed by atoms with Gasteiger partial charge >= 0.3 is 0 Å². The van der Waals surface area contributed by atoms with Crippen LogP contribution in [-0.4, -0.2) is 61.3 Å². The number of nitrogens with zero attached hydrogens (tertiary/aromatic N) is 2. The van der Waals surface area contributed by atoms with Gasteiger partial charge in [0, 0.05) is 26.2 Å². The third-order valence-electron chi connectivity index (χ3n) is 5.83. The second-order valence-corrected chi connectivity index (χ2v) is 7.75. The summed E-state index contributed by atoms with van der Waals surface area (Å²) in [7, 11) is 1.67. The first kappa shape index (κ1) is 18.7. The maximum atomic E-state index is 10.6. The van der Waals surface area contributed by atoms with Crippen LogP contribution < -0.4 is 4.74 Å². The van der Waals surface area contributed by atoms with Crippen LogP contribution in [0, 0.1) is 5.92 Å². The predicted octanol–water partition coefficient (Wildman–Crippen LogP) is 3.32. The predicted molar refractivity (Wildman–Crippen MR) is 102 cm³/mol. The van der Waals surface area contributed by atoms with E-state index in [4.69, 9.17) is 4.74 Å². The van der Waals surface area contributed by atoms with Crippen molar-refractivity contribution in [1.29, 1.82) is 0 Å². The molecule has 1 saturated heterocycles. The summed E-state index contributed by atoms with van der Waals surface area (Å²) in [6.07, 6.45) is 7.91. The van der Waals surface area contributed by atoms with E-state index in [0.29, 0.717) is 6.54 Å². The SMILES string of the molecule is COc1cccc(C(O)CN2CCCN(CC3CCCCC3)CC2)c1. The van der Waals surface area contributed by atoms with E-state index in [-0.39, 0.29) is 0 Å². The maximum absolute atomic E-state index is 10.6. The highest BCUT2D eigenvalue weighted by molar-refractivity contribution is 5.29. The van der Waals surface area contributed by atoms with Crippen molar-refractivity contribution in [2.24, 2.45) is 5.92 Å². The lowest BCUT2D eigenvalue weighted by Crippen LogP contribution is -2.35. The fraction of sp³-hybridized carbons (Fsp3) is 0.714.